The van der Waals surface area contributed by atoms with E-state index in [4.69, 9.17) is 10.5 Å². The Morgan fingerprint density at radius 1 is 1.21 bits per heavy atom. The largest absolute Gasteiger partial charge is 0.454 e. The van der Waals surface area contributed by atoms with E-state index >= 15 is 0 Å². The molecule has 0 radical (unpaired) electrons. The lowest BCUT2D eigenvalue weighted by Gasteiger charge is -2.06. The second-order valence-corrected chi connectivity index (χ2v) is 7.70. The smallest absolute Gasteiger partial charge is 0.345 e. The van der Waals surface area contributed by atoms with Gasteiger partial charge < -0.3 is 10.5 Å². The number of para-hydroxylation sites is 1. The number of nitrogens with two attached hydrogens (primary N) is 1. The Kier molecular flexibility index (Phi) is 4.91. The zero-order chi connectivity index (χ0) is 19.7. The van der Waals surface area contributed by atoms with E-state index in [9.17, 15) is 14.9 Å². The van der Waals surface area contributed by atoms with Crippen LogP contribution in [0.1, 0.15) is 45.9 Å². The molecule has 0 aliphatic heterocycles. The number of rotatable bonds is 4. The number of nitro benzene ring substituents is 1. The Bertz CT molecular complexity index is 1080. The number of hydrogen-bond acceptors (Lipinski definition) is 8. The molecule has 2 heterocycles. The summed E-state index contributed by atoms with van der Waals surface area (Å²) in [7, 11) is 0. The van der Waals surface area contributed by atoms with E-state index in [-0.39, 0.29) is 23.7 Å². The van der Waals surface area contributed by atoms with Gasteiger partial charge in [0.25, 0.3) is 5.69 Å². The highest BCUT2D eigenvalue weighted by atomic mass is 32.1. The lowest BCUT2D eigenvalue weighted by molar-refractivity contribution is -0.385. The molecular weight excluding hydrogens is 380 g/mol. The first kappa shape index (κ1) is 18.3. The molecule has 0 saturated heterocycles. The van der Waals surface area contributed by atoms with Crippen LogP contribution in [0.3, 0.4) is 0 Å². The molecule has 0 saturated carbocycles. The third-order valence-corrected chi connectivity index (χ3v) is 5.98. The summed E-state index contributed by atoms with van der Waals surface area (Å²) < 4.78 is 5.21. The molecule has 1 aliphatic carbocycles. The quantitative estimate of drug-likeness (QED) is 0.307. The van der Waals surface area contributed by atoms with Gasteiger partial charge in [0.05, 0.1) is 10.3 Å². The molecule has 4 rings (SSSR count). The number of ether oxygens (including phenoxy) is 1. The summed E-state index contributed by atoms with van der Waals surface area (Å²) in [6, 6.07) is 5.65. The summed E-state index contributed by atoms with van der Waals surface area (Å²) in [6.07, 6.45) is 5.51. The van der Waals surface area contributed by atoms with E-state index in [1.165, 1.54) is 35.1 Å². The van der Waals surface area contributed by atoms with Gasteiger partial charge >= 0.3 is 5.97 Å². The number of thiophene rings is 1. The minimum Gasteiger partial charge on any atom is -0.454 e. The van der Waals surface area contributed by atoms with Crippen molar-refractivity contribution in [2.45, 2.75) is 38.7 Å². The Morgan fingerprint density at radius 3 is 2.82 bits per heavy atom. The van der Waals surface area contributed by atoms with E-state index in [0.29, 0.717) is 5.82 Å². The number of carbonyl (C=O) groups excluding carboxylic acids is 1. The number of nitrogen functional groups attached to an aromatic ring is 1. The van der Waals surface area contributed by atoms with Crippen molar-refractivity contribution in [1.29, 1.82) is 0 Å². The average molecular weight is 398 g/mol. The number of benzene rings is 1. The Hall–Kier alpha value is -3.07. The van der Waals surface area contributed by atoms with E-state index in [1.54, 1.807) is 17.4 Å². The number of carbonyl (C=O) groups is 1. The monoisotopic (exact) mass is 398 g/mol. The lowest BCUT2D eigenvalue weighted by atomic mass is 10.1. The van der Waals surface area contributed by atoms with Crippen molar-refractivity contribution in [3.8, 4) is 0 Å². The summed E-state index contributed by atoms with van der Waals surface area (Å²) in [5, 5.41) is 12.0. The fourth-order valence-corrected chi connectivity index (χ4v) is 4.77. The van der Waals surface area contributed by atoms with Crippen LogP contribution in [0.15, 0.2) is 24.3 Å². The first-order valence-corrected chi connectivity index (χ1v) is 9.83. The van der Waals surface area contributed by atoms with Crippen LogP contribution in [-0.4, -0.2) is 20.9 Å². The molecule has 0 fully saturated rings. The molecule has 28 heavy (non-hydrogen) atoms. The molecule has 1 aliphatic rings. The number of fused-ring (bicyclic) bond motifs is 3. The highest BCUT2D eigenvalue weighted by molar-refractivity contribution is 7.19. The highest BCUT2D eigenvalue weighted by Crippen LogP contribution is 2.37. The normalized spacial score (nSPS) is 13.7. The number of aromatic nitrogens is 2. The van der Waals surface area contributed by atoms with Crippen molar-refractivity contribution in [1.82, 2.24) is 9.97 Å². The predicted molar refractivity (Wildman–Crippen MR) is 105 cm³/mol. The summed E-state index contributed by atoms with van der Waals surface area (Å²) in [5.74, 6) is -0.119. The van der Waals surface area contributed by atoms with Gasteiger partial charge in [-0.05, 0) is 37.3 Å². The van der Waals surface area contributed by atoms with Crippen LogP contribution in [0.25, 0.3) is 10.2 Å². The zero-order valence-electron chi connectivity index (χ0n) is 15.0. The molecule has 2 aromatic heterocycles. The van der Waals surface area contributed by atoms with Crippen LogP contribution >= 0.6 is 11.3 Å². The van der Waals surface area contributed by atoms with Crippen molar-refractivity contribution < 1.29 is 14.5 Å². The Labute approximate surface area is 164 Å². The molecule has 0 atom stereocenters. The van der Waals surface area contributed by atoms with E-state index in [2.05, 4.69) is 9.97 Å². The van der Waals surface area contributed by atoms with Gasteiger partial charge in [0.15, 0.2) is 12.4 Å². The van der Waals surface area contributed by atoms with Crippen LogP contribution in [0.2, 0.25) is 0 Å². The fraction of sp³-hybridized carbons (Fsp3) is 0.316. The first-order valence-electron chi connectivity index (χ1n) is 9.02. The molecule has 9 heteroatoms. The average Bonchev–Trinajstić information content (AvgIpc) is 2.88. The molecule has 0 spiro atoms. The maximum atomic E-state index is 12.3. The number of hydrogen-bond donors (Lipinski definition) is 1. The summed E-state index contributed by atoms with van der Waals surface area (Å²) in [4.78, 5) is 33.7. The van der Waals surface area contributed by atoms with Crippen LogP contribution in [0.4, 0.5) is 11.5 Å². The van der Waals surface area contributed by atoms with Crippen LogP contribution in [0, 0.1) is 10.1 Å². The predicted octanol–water partition coefficient (Wildman–Crippen LogP) is 3.81. The Morgan fingerprint density at radius 2 is 2.00 bits per heavy atom. The number of anilines is 1. The van der Waals surface area contributed by atoms with E-state index in [0.717, 1.165) is 35.9 Å². The topological polar surface area (TPSA) is 121 Å². The molecule has 0 unspecified atom stereocenters. The van der Waals surface area contributed by atoms with Gasteiger partial charge in [0.2, 0.25) is 0 Å². The lowest BCUT2D eigenvalue weighted by Crippen LogP contribution is -2.10. The molecule has 3 aromatic rings. The second kappa shape index (κ2) is 7.51. The Balaban J connectivity index is 1.58. The van der Waals surface area contributed by atoms with Gasteiger partial charge in [-0.2, -0.15) is 0 Å². The molecule has 0 amide bonds. The molecule has 0 bridgehead atoms. The first-order chi connectivity index (χ1) is 13.5. The fourth-order valence-electron chi connectivity index (χ4n) is 3.49. The molecule has 8 nitrogen and oxygen atoms in total. The standard InChI is InChI=1S/C19H18N4O4S/c20-17-16-12-7-2-1-3-9-14(12)28-18(16)22-15(21-17)10-27-19(24)11-6-4-5-8-13(11)23(25)26/h4-6,8H,1-3,7,9-10H2,(H2,20,21,22). The third kappa shape index (κ3) is 3.40. The van der Waals surface area contributed by atoms with Gasteiger partial charge in [-0.3, -0.25) is 10.1 Å². The van der Waals surface area contributed by atoms with Crippen LogP contribution < -0.4 is 5.73 Å². The van der Waals surface area contributed by atoms with Gasteiger partial charge in [-0.1, -0.05) is 18.6 Å². The number of aryl methyl sites for hydroxylation is 2. The second-order valence-electron chi connectivity index (χ2n) is 6.62. The van der Waals surface area contributed by atoms with Crippen molar-refractivity contribution in [2.75, 3.05) is 5.73 Å². The van der Waals surface area contributed by atoms with Crippen LogP contribution in [0.5, 0.6) is 0 Å². The minimum absolute atomic E-state index is 0.107. The summed E-state index contributed by atoms with van der Waals surface area (Å²) >= 11 is 1.62. The zero-order valence-corrected chi connectivity index (χ0v) is 15.8. The maximum Gasteiger partial charge on any atom is 0.345 e. The number of nitro groups is 1. The minimum atomic E-state index is -0.795. The third-order valence-electron chi connectivity index (χ3n) is 4.79. The van der Waals surface area contributed by atoms with Crippen molar-refractivity contribution in [2.24, 2.45) is 0 Å². The van der Waals surface area contributed by atoms with Crippen molar-refractivity contribution in [3.63, 3.8) is 0 Å². The van der Waals surface area contributed by atoms with Crippen LogP contribution in [-0.2, 0) is 24.2 Å². The van der Waals surface area contributed by atoms with Crippen molar-refractivity contribution in [3.05, 3.63) is 56.2 Å². The summed E-state index contributed by atoms with van der Waals surface area (Å²) in [6.45, 7) is -0.201. The molecule has 2 N–H and O–H groups in total. The highest BCUT2D eigenvalue weighted by Gasteiger charge is 2.22. The molecule has 144 valence electrons. The molecular formula is C19H18N4O4S. The van der Waals surface area contributed by atoms with Gasteiger partial charge in [-0.15, -0.1) is 11.3 Å². The summed E-state index contributed by atoms with van der Waals surface area (Å²) in [5.41, 5.74) is 7.02. The SMILES string of the molecule is Nc1nc(COC(=O)c2ccccc2[N+](=O)[O-])nc2sc3c(c12)CCCCC3. The number of nitrogens with zero attached hydrogens (tertiary/aromatic N) is 3. The van der Waals surface area contributed by atoms with E-state index < -0.39 is 10.9 Å². The maximum absolute atomic E-state index is 12.3. The van der Waals surface area contributed by atoms with Crippen molar-refractivity contribution >= 4 is 39.0 Å². The van der Waals surface area contributed by atoms with Gasteiger partial charge in [0.1, 0.15) is 16.2 Å². The van der Waals surface area contributed by atoms with Gasteiger partial charge in [-0.25, -0.2) is 14.8 Å². The van der Waals surface area contributed by atoms with Gasteiger partial charge in [0, 0.05) is 10.9 Å². The number of esters is 1. The van der Waals surface area contributed by atoms with E-state index in [1.807, 2.05) is 0 Å². The molecule has 1 aromatic carbocycles.